The van der Waals surface area contributed by atoms with Crippen molar-refractivity contribution in [3.63, 3.8) is 0 Å². The molecule has 1 aliphatic heterocycles. The van der Waals surface area contributed by atoms with E-state index in [1.54, 1.807) is 25.1 Å². The van der Waals surface area contributed by atoms with Crippen LogP contribution in [0.3, 0.4) is 0 Å². The summed E-state index contributed by atoms with van der Waals surface area (Å²) in [5.41, 5.74) is 2.43. The van der Waals surface area contributed by atoms with E-state index in [-0.39, 0.29) is 24.0 Å². The number of hydrogen-bond acceptors (Lipinski definition) is 8. The monoisotopic (exact) mass is 498 g/mol. The first-order chi connectivity index (χ1) is 16.8. The van der Waals surface area contributed by atoms with E-state index in [0.29, 0.717) is 22.7 Å². The van der Waals surface area contributed by atoms with Crippen molar-refractivity contribution in [1.29, 1.82) is 0 Å². The quantitative estimate of drug-likeness (QED) is 0.388. The van der Waals surface area contributed by atoms with Crippen LogP contribution in [0.1, 0.15) is 25.0 Å². The fourth-order valence-electron chi connectivity index (χ4n) is 3.18. The lowest BCUT2D eigenvalue weighted by atomic mass is 10.1. The van der Waals surface area contributed by atoms with Gasteiger partial charge < -0.3 is 19.5 Å². The van der Waals surface area contributed by atoms with Crippen molar-refractivity contribution in [2.24, 2.45) is 0 Å². The Morgan fingerprint density at radius 3 is 2.46 bits per heavy atom. The molecule has 2 aromatic rings. The molecule has 9 nitrogen and oxygen atoms in total. The van der Waals surface area contributed by atoms with Crippen LogP contribution in [0.5, 0.6) is 11.5 Å². The van der Waals surface area contributed by atoms with Crippen molar-refractivity contribution in [3.05, 3.63) is 58.5 Å². The predicted molar refractivity (Wildman–Crippen MR) is 132 cm³/mol. The Labute approximate surface area is 207 Å². The largest absolute Gasteiger partial charge is 0.493 e. The number of carbonyl (C=O) groups is 4. The molecule has 2 aromatic carbocycles. The van der Waals surface area contributed by atoms with Gasteiger partial charge in [0.2, 0.25) is 0 Å². The van der Waals surface area contributed by atoms with E-state index in [9.17, 15) is 19.2 Å². The highest BCUT2D eigenvalue weighted by Crippen LogP contribution is 2.34. The van der Waals surface area contributed by atoms with Gasteiger partial charge in [-0.1, -0.05) is 25.1 Å². The Morgan fingerprint density at radius 1 is 1.06 bits per heavy atom. The Bertz CT molecular complexity index is 1150. The average Bonchev–Trinajstić information content (AvgIpc) is 3.11. The lowest BCUT2D eigenvalue weighted by Gasteiger charge is -2.12. The van der Waals surface area contributed by atoms with Crippen LogP contribution in [-0.4, -0.2) is 54.8 Å². The molecule has 0 aromatic heterocycles. The molecule has 0 radical (unpaired) electrons. The van der Waals surface area contributed by atoms with Crippen LogP contribution in [0.2, 0.25) is 0 Å². The van der Waals surface area contributed by atoms with Crippen LogP contribution in [0.15, 0.2) is 47.4 Å². The molecule has 1 heterocycles. The van der Waals surface area contributed by atoms with Crippen molar-refractivity contribution in [2.75, 3.05) is 32.2 Å². The maximum Gasteiger partial charge on any atom is 0.326 e. The number of anilines is 1. The molecular weight excluding hydrogens is 472 g/mol. The van der Waals surface area contributed by atoms with Crippen LogP contribution >= 0.6 is 11.8 Å². The van der Waals surface area contributed by atoms with Gasteiger partial charge in [0.25, 0.3) is 17.1 Å². The molecule has 0 saturated carbocycles. The van der Waals surface area contributed by atoms with Crippen molar-refractivity contribution in [1.82, 2.24) is 4.90 Å². The van der Waals surface area contributed by atoms with Crippen LogP contribution < -0.4 is 14.8 Å². The first-order valence-corrected chi connectivity index (χ1v) is 11.8. The minimum absolute atomic E-state index is 0.160. The van der Waals surface area contributed by atoms with Gasteiger partial charge >= 0.3 is 5.97 Å². The van der Waals surface area contributed by atoms with E-state index in [2.05, 4.69) is 12.2 Å². The standard InChI is InChI=1S/C25H26N2O7S/c1-4-16-6-9-18(10-7-16)26-22(28)15-34-19-11-8-17(12-20(19)32-3)13-21-24(30)27(25(31)35-21)14-23(29)33-5-2/h6-13H,4-5,14-15H2,1-3H3,(H,26,28)/b21-13-. The lowest BCUT2D eigenvalue weighted by Crippen LogP contribution is -2.34. The van der Waals surface area contributed by atoms with Gasteiger partial charge in [-0.3, -0.25) is 24.1 Å². The van der Waals surface area contributed by atoms with Gasteiger partial charge in [0.1, 0.15) is 6.54 Å². The highest BCUT2D eigenvalue weighted by atomic mass is 32.2. The smallest absolute Gasteiger partial charge is 0.326 e. The zero-order valence-corrected chi connectivity index (χ0v) is 20.5. The Morgan fingerprint density at radius 2 is 1.80 bits per heavy atom. The third kappa shape index (κ3) is 6.86. The van der Waals surface area contributed by atoms with Crippen LogP contribution in [-0.2, 0) is 25.5 Å². The summed E-state index contributed by atoms with van der Waals surface area (Å²) in [5, 5.41) is 2.23. The zero-order chi connectivity index (χ0) is 25.4. The minimum Gasteiger partial charge on any atom is -0.493 e. The van der Waals surface area contributed by atoms with Crippen LogP contribution in [0, 0.1) is 0 Å². The third-order valence-electron chi connectivity index (χ3n) is 4.96. The molecule has 1 fully saturated rings. The molecule has 10 heteroatoms. The predicted octanol–water partition coefficient (Wildman–Crippen LogP) is 3.87. The van der Waals surface area contributed by atoms with Crippen molar-refractivity contribution < 1.29 is 33.4 Å². The zero-order valence-electron chi connectivity index (χ0n) is 19.7. The number of carbonyl (C=O) groups excluding carboxylic acids is 4. The number of amides is 3. The number of thioether (sulfide) groups is 1. The van der Waals surface area contributed by atoms with Crippen LogP contribution in [0.25, 0.3) is 6.08 Å². The molecule has 0 aliphatic carbocycles. The first kappa shape index (κ1) is 25.8. The molecular formula is C25H26N2O7S. The summed E-state index contributed by atoms with van der Waals surface area (Å²) in [6.07, 6.45) is 2.44. The molecule has 0 bridgehead atoms. The fraction of sp³-hybridized carbons (Fsp3) is 0.280. The number of nitrogens with one attached hydrogen (secondary N) is 1. The summed E-state index contributed by atoms with van der Waals surface area (Å²) in [4.78, 5) is 49.6. The van der Waals surface area contributed by atoms with Crippen molar-refractivity contribution in [2.45, 2.75) is 20.3 Å². The number of imide groups is 1. The average molecular weight is 499 g/mol. The molecule has 0 atom stereocenters. The Hall–Kier alpha value is -3.79. The molecule has 0 unspecified atom stereocenters. The van der Waals surface area contributed by atoms with E-state index in [1.165, 1.54) is 18.7 Å². The highest BCUT2D eigenvalue weighted by molar-refractivity contribution is 8.18. The van der Waals surface area contributed by atoms with Crippen LogP contribution in [0.4, 0.5) is 10.5 Å². The molecule has 35 heavy (non-hydrogen) atoms. The summed E-state index contributed by atoms with van der Waals surface area (Å²) in [5.74, 6) is -0.853. The van der Waals surface area contributed by atoms with Gasteiger partial charge in [0, 0.05) is 5.69 Å². The number of hydrogen-bond donors (Lipinski definition) is 1. The van der Waals surface area contributed by atoms with Crippen molar-refractivity contribution >= 4 is 46.5 Å². The number of ether oxygens (including phenoxy) is 3. The van der Waals surface area contributed by atoms with Gasteiger partial charge in [-0.05, 0) is 66.6 Å². The van der Waals surface area contributed by atoms with Gasteiger partial charge in [-0.15, -0.1) is 0 Å². The topological polar surface area (TPSA) is 111 Å². The maximum absolute atomic E-state index is 12.6. The summed E-state index contributed by atoms with van der Waals surface area (Å²) in [7, 11) is 1.45. The normalized spacial score (nSPS) is 14.3. The van der Waals surface area contributed by atoms with Gasteiger partial charge in [-0.2, -0.15) is 0 Å². The Kier molecular flexibility index (Phi) is 8.91. The van der Waals surface area contributed by atoms with Crippen molar-refractivity contribution in [3.8, 4) is 11.5 Å². The molecule has 3 amide bonds. The molecule has 1 aliphatic rings. The molecule has 3 rings (SSSR count). The lowest BCUT2D eigenvalue weighted by molar-refractivity contribution is -0.146. The molecule has 1 N–H and O–H groups in total. The van der Waals surface area contributed by atoms with E-state index in [0.717, 1.165) is 23.1 Å². The molecule has 184 valence electrons. The Balaban J connectivity index is 1.64. The third-order valence-corrected chi connectivity index (χ3v) is 5.86. The highest BCUT2D eigenvalue weighted by Gasteiger charge is 2.36. The summed E-state index contributed by atoms with van der Waals surface area (Å²) < 4.78 is 15.8. The minimum atomic E-state index is -0.652. The van der Waals surface area contributed by atoms with E-state index < -0.39 is 23.7 Å². The van der Waals surface area contributed by atoms with Gasteiger partial charge in [-0.25, -0.2) is 0 Å². The number of nitrogens with zero attached hydrogens (tertiary/aromatic N) is 1. The fourth-order valence-corrected chi connectivity index (χ4v) is 4.02. The van der Waals surface area contributed by atoms with Gasteiger partial charge in [0.15, 0.2) is 18.1 Å². The SMILES string of the molecule is CCOC(=O)CN1C(=O)S/C(=C\c2ccc(OCC(=O)Nc3ccc(CC)cc3)c(OC)c2)C1=O. The first-order valence-electron chi connectivity index (χ1n) is 10.9. The van der Waals surface area contributed by atoms with E-state index in [4.69, 9.17) is 14.2 Å². The number of benzene rings is 2. The number of methoxy groups -OCH3 is 1. The number of aryl methyl sites for hydroxylation is 1. The molecule has 0 spiro atoms. The molecule has 1 saturated heterocycles. The maximum atomic E-state index is 12.6. The van der Waals surface area contributed by atoms with E-state index >= 15 is 0 Å². The number of rotatable bonds is 10. The van der Waals surface area contributed by atoms with Gasteiger partial charge in [0.05, 0.1) is 18.6 Å². The second-order valence-electron chi connectivity index (χ2n) is 7.37. The van der Waals surface area contributed by atoms with E-state index in [1.807, 2.05) is 24.3 Å². The summed E-state index contributed by atoms with van der Waals surface area (Å²) >= 11 is 0.737. The number of esters is 1. The summed E-state index contributed by atoms with van der Waals surface area (Å²) in [6.45, 7) is 3.20. The second kappa shape index (κ2) is 12.1. The second-order valence-corrected chi connectivity index (χ2v) is 8.36. The summed E-state index contributed by atoms with van der Waals surface area (Å²) in [6, 6.07) is 12.5.